The van der Waals surface area contributed by atoms with Crippen LogP contribution in [-0.2, 0) is 9.53 Å². The molecule has 2 aromatic rings. The molecule has 30 heavy (non-hydrogen) atoms. The third kappa shape index (κ3) is 3.84. The number of ether oxygens (including phenoxy) is 1. The second-order valence-electron chi connectivity index (χ2n) is 7.38. The molecule has 2 aliphatic heterocycles. The van der Waals surface area contributed by atoms with Crippen LogP contribution in [-0.4, -0.2) is 60.9 Å². The van der Waals surface area contributed by atoms with E-state index in [-0.39, 0.29) is 5.91 Å². The molecular formula is C22H25BrN4O2S. The Labute approximate surface area is 189 Å². The van der Waals surface area contributed by atoms with Crippen molar-refractivity contribution in [3.05, 3.63) is 50.6 Å². The molecule has 2 aliphatic rings. The Morgan fingerprint density at radius 1 is 1.20 bits per heavy atom. The zero-order valence-electron chi connectivity index (χ0n) is 17.6. The molecule has 8 heteroatoms. The summed E-state index contributed by atoms with van der Waals surface area (Å²) in [6.07, 6.45) is 1.97. The number of likely N-dealkylation sites (N-methyl/N-ethyl adjacent to an activating group) is 1. The normalized spacial score (nSPS) is 20.1. The van der Waals surface area contributed by atoms with Gasteiger partial charge in [0, 0.05) is 48.7 Å². The molecule has 0 N–H and O–H groups in total. The lowest BCUT2D eigenvalue weighted by atomic mass is 10.2. The van der Waals surface area contributed by atoms with E-state index in [9.17, 15) is 4.79 Å². The van der Waals surface area contributed by atoms with Crippen molar-refractivity contribution in [2.75, 3.05) is 45.3 Å². The van der Waals surface area contributed by atoms with Gasteiger partial charge in [0.2, 0.25) is 0 Å². The first-order valence-electron chi connectivity index (χ1n) is 9.86. The summed E-state index contributed by atoms with van der Waals surface area (Å²) in [5.74, 6) is -0.0111. The number of thioether (sulfide) groups is 1. The van der Waals surface area contributed by atoms with Crippen molar-refractivity contribution in [1.82, 2.24) is 9.47 Å². The second kappa shape index (κ2) is 8.61. The van der Waals surface area contributed by atoms with Gasteiger partial charge in [0.15, 0.2) is 5.17 Å². The standard InChI is InChI=1S/C22H25BrN4O2S/c1-14-11-16(12-20-21(28)25(4)22(24-3)30-20)15(2)27(14)17-5-6-19(18(23)13-17)26-7-9-29-10-8-26/h5-6,11-13H,7-10H2,1-4H3/b20-12-,24-22?. The fraction of sp³-hybridized carbons (Fsp3) is 0.364. The monoisotopic (exact) mass is 488 g/mol. The number of halogens is 1. The lowest BCUT2D eigenvalue weighted by molar-refractivity contribution is -0.121. The van der Waals surface area contributed by atoms with Crippen LogP contribution in [0.25, 0.3) is 11.8 Å². The van der Waals surface area contributed by atoms with Crippen molar-refractivity contribution in [2.24, 2.45) is 4.99 Å². The lowest BCUT2D eigenvalue weighted by Crippen LogP contribution is -2.36. The van der Waals surface area contributed by atoms with Gasteiger partial charge >= 0.3 is 0 Å². The number of rotatable bonds is 3. The number of carbonyl (C=O) groups excluding carboxylic acids is 1. The first-order valence-corrected chi connectivity index (χ1v) is 11.5. The molecule has 1 aromatic carbocycles. The number of hydrogen-bond acceptors (Lipinski definition) is 5. The van der Waals surface area contributed by atoms with Gasteiger partial charge in [-0.15, -0.1) is 0 Å². The predicted molar refractivity (Wildman–Crippen MR) is 128 cm³/mol. The predicted octanol–water partition coefficient (Wildman–Crippen LogP) is 4.23. The molecule has 3 heterocycles. The van der Waals surface area contributed by atoms with E-state index in [4.69, 9.17) is 4.74 Å². The molecule has 0 aliphatic carbocycles. The van der Waals surface area contributed by atoms with E-state index in [0.717, 1.165) is 58.6 Å². The summed E-state index contributed by atoms with van der Waals surface area (Å²) < 4.78 is 8.76. The summed E-state index contributed by atoms with van der Waals surface area (Å²) in [4.78, 5) is 21.3. The highest BCUT2D eigenvalue weighted by Crippen LogP contribution is 2.34. The van der Waals surface area contributed by atoms with Crippen LogP contribution in [0.1, 0.15) is 17.0 Å². The average molecular weight is 489 g/mol. The minimum absolute atomic E-state index is 0.0111. The summed E-state index contributed by atoms with van der Waals surface area (Å²) in [5, 5.41) is 0.725. The van der Waals surface area contributed by atoms with Gasteiger partial charge in [-0.1, -0.05) is 0 Å². The molecule has 0 spiro atoms. The Hall–Kier alpha value is -2.03. The van der Waals surface area contributed by atoms with E-state index >= 15 is 0 Å². The van der Waals surface area contributed by atoms with Crippen LogP contribution in [0, 0.1) is 13.8 Å². The van der Waals surface area contributed by atoms with Crippen molar-refractivity contribution in [1.29, 1.82) is 0 Å². The van der Waals surface area contributed by atoms with Crippen LogP contribution in [0.15, 0.2) is 38.6 Å². The van der Waals surface area contributed by atoms with Crippen LogP contribution in [0.5, 0.6) is 0 Å². The van der Waals surface area contributed by atoms with E-state index in [1.54, 1.807) is 19.0 Å². The second-order valence-corrected chi connectivity index (χ2v) is 9.24. The van der Waals surface area contributed by atoms with Crippen molar-refractivity contribution >= 4 is 50.5 Å². The summed E-state index contributed by atoms with van der Waals surface area (Å²) in [7, 11) is 3.47. The number of amides is 1. The lowest BCUT2D eigenvalue weighted by Gasteiger charge is -2.30. The fourth-order valence-electron chi connectivity index (χ4n) is 3.92. The number of nitrogens with zero attached hydrogens (tertiary/aromatic N) is 4. The average Bonchev–Trinajstić information content (AvgIpc) is 3.18. The number of aryl methyl sites for hydroxylation is 1. The largest absolute Gasteiger partial charge is 0.378 e. The fourth-order valence-corrected chi connectivity index (χ4v) is 5.45. The van der Waals surface area contributed by atoms with E-state index in [0.29, 0.717) is 4.91 Å². The van der Waals surface area contributed by atoms with Gasteiger partial charge in [0.1, 0.15) is 0 Å². The van der Waals surface area contributed by atoms with Gasteiger partial charge in [-0.25, -0.2) is 0 Å². The number of benzene rings is 1. The Morgan fingerprint density at radius 3 is 2.57 bits per heavy atom. The highest BCUT2D eigenvalue weighted by molar-refractivity contribution is 9.10. The SMILES string of the molecule is CN=C1S/C(=C\c2cc(C)n(-c3ccc(N4CCOCC4)c(Br)c3)c2C)C(=O)N1C. The first-order chi connectivity index (χ1) is 14.4. The quantitative estimate of drug-likeness (QED) is 0.606. The molecule has 2 saturated heterocycles. The van der Waals surface area contributed by atoms with E-state index in [1.165, 1.54) is 17.4 Å². The van der Waals surface area contributed by atoms with Crippen molar-refractivity contribution in [3.8, 4) is 5.69 Å². The summed E-state index contributed by atoms with van der Waals surface area (Å²) in [6, 6.07) is 8.60. The van der Waals surface area contributed by atoms with Crippen LogP contribution < -0.4 is 4.90 Å². The first kappa shape index (κ1) is 21.2. The number of aromatic nitrogens is 1. The summed E-state index contributed by atoms with van der Waals surface area (Å²) in [5.41, 5.74) is 5.55. The highest BCUT2D eigenvalue weighted by Gasteiger charge is 2.30. The third-order valence-corrected chi connectivity index (χ3v) is 7.28. The smallest absolute Gasteiger partial charge is 0.266 e. The maximum atomic E-state index is 12.5. The van der Waals surface area contributed by atoms with E-state index in [1.807, 2.05) is 6.08 Å². The van der Waals surface area contributed by atoms with Crippen molar-refractivity contribution < 1.29 is 9.53 Å². The minimum Gasteiger partial charge on any atom is -0.378 e. The van der Waals surface area contributed by atoms with Gasteiger partial charge in [-0.05, 0) is 77.4 Å². The molecule has 1 aromatic heterocycles. The number of anilines is 1. The Morgan fingerprint density at radius 2 is 1.93 bits per heavy atom. The summed E-state index contributed by atoms with van der Waals surface area (Å²) >= 11 is 5.18. The summed E-state index contributed by atoms with van der Waals surface area (Å²) in [6.45, 7) is 7.51. The molecular weight excluding hydrogens is 464 g/mol. The molecule has 0 radical (unpaired) electrons. The molecule has 2 fully saturated rings. The topological polar surface area (TPSA) is 50.1 Å². The minimum atomic E-state index is -0.0111. The van der Waals surface area contributed by atoms with Gasteiger partial charge in [-0.2, -0.15) is 0 Å². The van der Waals surface area contributed by atoms with Gasteiger partial charge < -0.3 is 14.2 Å². The number of amidine groups is 1. The maximum Gasteiger partial charge on any atom is 0.266 e. The van der Waals surface area contributed by atoms with Crippen LogP contribution in [0.2, 0.25) is 0 Å². The number of hydrogen-bond donors (Lipinski definition) is 0. The Balaban J connectivity index is 1.67. The molecule has 1 amide bonds. The number of aliphatic imine (C=N–C) groups is 1. The van der Waals surface area contributed by atoms with E-state index in [2.05, 4.69) is 68.5 Å². The zero-order chi connectivity index (χ0) is 21.4. The number of morpholine rings is 1. The van der Waals surface area contributed by atoms with Crippen LogP contribution in [0.3, 0.4) is 0 Å². The molecule has 0 bridgehead atoms. The van der Waals surface area contributed by atoms with Gasteiger partial charge in [0.05, 0.1) is 23.8 Å². The molecule has 0 atom stereocenters. The zero-order valence-corrected chi connectivity index (χ0v) is 20.0. The Kier molecular flexibility index (Phi) is 6.09. The van der Waals surface area contributed by atoms with Crippen LogP contribution >= 0.6 is 27.7 Å². The number of carbonyl (C=O) groups is 1. The molecule has 0 saturated carbocycles. The Bertz CT molecular complexity index is 1050. The van der Waals surface area contributed by atoms with E-state index < -0.39 is 0 Å². The van der Waals surface area contributed by atoms with Crippen molar-refractivity contribution in [2.45, 2.75) is 13.8 Å². The molecule has 4 rings (SSSR count). The van der Waals surface area contributed by atoms with Gasteiger partial charge in [-0.3, -0.25) is 14.7 Å². The highest BCUT2D eigenvalue weighted by atomic mass is 79.9. The maximum absolute atomic E-state index is 12.5. The molecule has 6 nitrogen and oxygen atoms in total. The van der Waals surface area contributed by atoms with Gasteiger partial charge in [0.25, 0.3) is 5.91 Å². The molecule has 158 valence electrons. The third-order valence-electron chi connectivity index (χ3n) is 5.49. The molecule has 0 unspecified atom stereocenters. The van der Waals surface area contributed by atoms with Crippen LogP contribution in [0.4, 0.5) is 5.69 Å². The van der Waals surface area contributed by atoms with Crippen molar-refractivity contribution in [3.63, 3.8) is 0 Å².